The maximum Gasteiger partial charge on any atom is 0.323 e. The van der Waals surface area contributed by atoms with Gasteiger partial charge in [-0.15, -0.1) is 0 Å². The number of aliphatic carboxylic acids is 1. The first-order valence-electron chi connectivity index (χ1n) is 6.42. The summed E-state index contributed by atoms with van der Waals surface area (Å²) in [6.07, 6.45) is 0. The van der Waals surface area contributed by atoms with Crippen LogP contribution in [0.4, 0.5) is 0 Å². The van der Waals surface area contributed by atoms with Crippen LogP contribution in [-0.4, -0.2) is 34.5 Å². The molecule has 0 fully saturated rings. The molecule has 0 aliphatic carbocycles. The number of rotatable bonds is 4. The fraction of sp³-hybridized carbons (Fsp3) is 0.333. The molecule has 0 spiro atoms. The van der Waals surface area contributed by atoms with Crippen molar-refractivity contribution >= 4 is 22.8 Å². The van der Waals surface area contributed by atoms with Crippen molar-refractivity contribution < 1.29 is 19.1 Å². The van der Waals surface area contributed by atoms with E-state index >= 15 is 0 Å². The standard InChI is InChI=1S/C15H17NO4/c1-9(2)16(8-13(17)18)15(19)14-10(3)11-6-4-5-7-12(11)20-14/h4-7,9H,8H2,1-3H3,(H,17,18). The molecule has 5 nitrogen and oxygen atoms in total. The number of fused-ring (bicyclic) bond motifs is 1. The summed E-state index contributed by atoms with van der Waals surface area (Å²) in [5, 5.41) is 9.78. The van der Waals surface area contributed by atoms with Crippen LogP contribution < -0.4 is 0 Å². The summed E-state index contributed by atoms with van der Waals surface area (Å²) in [4.78, 5) is 24.6. The monoisotopic (exact) mass is 275 g/mol. The first-order chi connectivity index (χ1) is 9.41. The number of nitrogens with zero attached hydrogens (tertiary/aromatic N) is 1. The topological polar surface area (TPSA) is 70.8 Å². The molecule has 0 radical (unpaired) electrons. The Balaban J connectivity index is 2.43. The number of benzene rings is 1. The van der Waals surface area contributed by atoms with E-state index in [2.05, 4.69) is 0 Å². The molecule has 0 atom stereocenters. The largest absolute Gasteiger partial charge is 0.480 e. The lowest BCUT2D eigenvalue weighted by molar-refractivity contribution is -0.138. The Hall–Kier alpha value is -2.30. The Bertz CT molecular complexity index is 657. The fourth-order valence-electron chi connectivity index (χ4n) is 2.14. The minimum Gasteiger partial charge on any atom is -0.480 e. The molecule has 0 aliphatic heterocycles. The van der Waals surface area contributed by atoms with Gasteiger partial charge in [-0.1, -0.05) is 18.2 Å². The number of amides is 1. The number of para-hydroxylation sites is 1. The highest BCUT2D eigenvalue weighted by Crippen LogP contribution is 2.26. The third-order valence-electron chi connectivity index (χ3n) is 3.23. The summed E-state index contributed by atoms with van der Waals surface area (Å²) in [6.45, 7) is 5.02. The molecule has 1 aromatic carbocycles. The van der Waals surface area contributed by atoms with Crippen molar-refractivity contribution in [2.24, 2.45) is 0 Å². The summed E-state index contributed by atoms with van der Waals surface area (Å²) in [5.41, 5.74) is 1.37. The molecule has 0 saturated carbocycles. The number of aryl methyl sites for hydroxylation is 1. The summed E-state index contributed by atoms with van der Waals surface area (Å²) in [6, 6.07) is 7.15. The zero-order valence-electron chi connectivity index (χ0n) is 11.7. The number of carbonyl (C=O) groups excluding carboxylic acids is 1. The third-order valence-corrected chi connectivity index (χ3v) is 3.23. The van der Waals surface area contributed by atoms with Gasteiger partial charge in [-0.3, -0.25) is 9.59 Å². The predicted octanol–water partition coefficient (Wildman–Crippen LogP) is 2.68. The van der Waals surface area contributed by atoms with Crippen LogP contribution in [0.15, 0.2) is 28.7 Å². The second kappa shape index (κ2) is 5.36. The van der Waals surface area contributed by atoms with Crippen LogP contribution in [0, 0.1) is 6.92 Å². The Labute approximate surface area is 116 Å². The maximum atomic E-state index is 12.5. The van der Waals surface area contributed by atoms with E-state index in [0.717, 1.165) is 10.9 Å². The van der Waals surface area contributed by atoms with Crippen molar-refractivity contribution in [3.05, 3.63) is 35.6 Å². The van der Waals surface area contributed by atoms with Gasteiger partial charge >= 0.3 is 5.97 Å². The third kappa shape index (κ3) is 2.52. The molecule has 0 bridgehead atoms. The lowest BCUT2D eigenvalue weighted by Crippen LogP contribution is -2.40. The quantitative estimate of drug-likeness (QED) is 0.931. The molecule has 2 aromatic rings. The van der Waals surface area contributed by atoms with Crippen LogP contribution in [0.2, 0.25) is 0 Å². The zero-order valence-corrected chi connectivity index (χ0v) is 11.7. The van der Waals surface area contributed by atoms with Crippen molar-refractivity contribution in [2.45, 2.75) is 26.8 Å². The SMILES string of the molecule is Cc1c(C(=O)N(CC(=O)O)C(C)C)oc2ccccc12. The average Bonchev–Trinajstić information content (AvgIpc) is 2.73. The van der Waals surface area contributed by atoms with E-state index in [1.807, 2.05) is 18.2 Å². The summed E-state index contributed by atoms with van der Waals surface area (Å²) >= 11 is 0. The number of carbonyl (C=O) groups is 2. The first kappa shape index (κ1) is 14.1. The molecule has 0 unspecified atom stereocenters. The minimum absolute atomic E-state index is 0.209. The van der Waals surface area contributed by atoms with E-state index < -0.39 is 11.9 Å². The molecule has 106 valence electrons. The first-order valence-corrected chi connectivity index (χ1v) is 6.42. The molecule has 0 aliphatic rings. The van der Waals surface area contributed by atoms with Gasteiger partial charge in [0.15, 0.2) is 5.76 Å². The van der Waals surface area contributed by atoms with Crippen molar-refractivity contribution in [1.29, 1.82) is 0 Å². The normalized spacial score (nSPS) is 11.0. The Morgan fingerprint density at radius 1 is 1.30 bits per heavy atom. The maximum absolute atomic E-state index is 12.5. The second-order valence-corrected chi connectivity index (χ2v) is 4.97. The lowest BCUT2D eigenvalue weighted by atomic mass is 10.1. The van der Waals surface area contributed by atoms with Crippen LogP contribution in [0.25, 0.3) is 11.0 Å². The van der Waals surface area contributed by atoms with Gasteiger partial charge in [0.05, 0.1) is 0 Å². The molecular weight excluding hydrogens is 258 g/mol. The highest BCUT2D eigenvalue weighted by Gasteiger charge is 2.26. The van der Waals surface area contributed by atoms with Gasteiger partial charge in [0, 0.05) is 17.0 Å². The summed E-state index contributed by atoms with van der Waals surface area (Å²) in [5.74, 6) is -1.22. The fourth-order valence-corrected chi connectivity index (χ4v) is 2.14. The van der Waals surface area contributed by atoms with E-state index in [0.29, 0.717) is 5.58 Å². The molecule has 1 heterocycles. The van der Waals surface area contributed by atoms with Gasteiger partial charge in [0.25, 0.3) is 5.91 Å². The molecule has 1 N–H and O–H groups in total. The van der Waals surface area contributed by atoms with E-state index in [9.17, 15) is 9.59 Å². The lowest BCUT2D eigenvalue weighted by Gasteiger charge is -2.23. The smallest absolute Gasteiger partial charge is 0.323 e. The molecule has 20 heavy (non-hydrogen) atoms. The highest BCUT2D eigenvalue weighted by molar-refractivity contribution is 6.00. The van der Waals surface area contributed by atoms with Crippen LogP contribution in [0.1, 0.15) is 30.0 Å². The van der Waals surface area contributed by atoms with E-state index in [1.165, 1.54) is 4.90 Å². The van der Waals surface area contributed by atoms with Crippen LogP contribution in [0.3, 0.4) is 0 Å². The Kier molecular flexibility index (Phi) is 3.79. The number of carboxylic acids is 1. The van der Waals surface area contributed by atoms with Gasteiger partial charge in [0.1, 0.15) is 12.1 Å². The number of furan rings is 1. The van der Waals surface area contributed by atoms with Gasteiger partial charge in [-0.2, -0.15) is 0 Å². The Morgan fingerprint density at radius 2 is 1.95 bits per heavy atom. The number of carboxylic acid groups (broad SMARTS) is 1. The van der Waals surface area contributed by atoms with E-state index in [4.69, 9.17) is 9.52 Å². The van der Waals surface area contributed by atoms with Gasteiger partial charge in [0.2, 0.25) is 0 Å². The Morgan fingerprint density at radius 3 is 2.50 bits per heavy atom. The number of hydrogen-bond donors (Lipinski definition) is 1. The number of hydrogen-bond acceptors (Lipinski definition) is 3. The van der Waals surface area contributed by atoms with Gasteiger partial charge in [-0.25, -0.2) is 0 Å². The van der Waals surface area contributed by atoms with Crippen LogP contribution in [-0.2, 0) is 4.79 Å². The molecule has 0 saturated heterocycles. The highest BCUT2D eigenvalue weighted by atomic mass is 16.4. The molecule has 5 heteroatoms. The minimum atomic E-state index is -1.04. The molecular formula is C15H17NO4. The van der Waals surface area contributed by atoms with E-state index in [1.54, 1.807) is 26.8 Å². The van der Waals surface area contributed by atoms with Crippen LogP contribution >= 0.6 is 0 Å². The average molecular weight is 275 g/mol. The van der Waals surface area contributed by atoms with Crippen LogP contribution in [0.5, 0.6) is 0 Å². The van der Waals surface area contributed by atoms with Gasteiger partial charge in [-0.05, 0) is 26.8 Å². The second-order valence-electron chi connectivity index (χ2n) is 4.97. The van der Waals surface area contributed by atoms with Crippen molar-refractivity contribution in [3.8, 4) is 0 Å². The summed E-state index contributed by atoms with van der Waals surface area (Å²) < 4.78 is 5.59. The molecule has 1 amide bonds. The van der Waals surface area contributed by atoms with Gasteiger partial charge < -0.3 is 14.4 Å². The van der Waals surface area contributed by atoms with E-state index in [-0.39, 0.29) is 18.3 Å². The predicted molar refractivity (Wildman–Crippen MR) is 74.8 cm³/mol. The van der Waals surface area contributed by atoms with Crippen molar-refractivity contribution in [1.82, 2.24) is 4.90 Å². The van der Waals surface area contributed by atoms with Crippen molar-refractivity contribution in [2.75, 3.05) is 6.54 Å². The molecule has 1 aromatic heterocycles. The zero-order chi connectivity index (χ0) is 14.9. The summed E-state index contributed by atoms with van der Waals surface area (Å²) in [7, 11) is 0. The van der Waals surface area contributed by atoms with Crippen molar-refractivity contribution in [3.63, 3.8) is 0 Å². The molecule has 2 rings (SSSR count).